The van der Waals surface area contributed by atoms with Crippen LogP contribution in [0.25, 0.3) is 43.5 Å². The molecule has 0 aliphatic heterocycles. The Morgan fingerprint density at radius 3 is 1.33 bits per heavy atom. The van der Waals surface area contributed by atoms with E-state index in [0.29, 0.717) is 24.4 Å². The molecule has 0 radical (unpaired) electrons. The zero-order valence-corrected chi connectivity index (χ0v) is 21.3. The number of hydrogen-bond acceptors (Lipinski definition) is 4. The topological polar surface area (TPSA) is 60.4 Å². The minimum Gasteiger partial charge on any atom is -0.453 e. The molecule has 2 aromatic heterocycles. The first-order valence-electron chi connectivity index (χ1n) is 13.5. The quantitative estimate of drug-likeness (QED) is 0.101. The minimum absolute atomic E-state index is 0.0724. The summed E-state index contributed by atoms with van der Waals surface area (Å²) in [6, 6.07) is 16.0. The summed E-state index contributed by atoms with van der Waals surface area (Å²) < 4.78 is 11.9. The Balaban J connectivity index is 1.48. The van der Waals surface area contributed by atoms with Crippen molar-refractivity contribution in [2.75, 3.05) is 0 Å². The summed E-state index contributed by atoms with van der Waals surface area (Å²) in [4.78, 5) is 25.4. The van der Waals surface area contributed by atoms with Crippen LogP contribution in [-0.2, 0) is 0 Å². The molecule has 3 aromatic carbocycles. The molecule has 0 saturated carbocycles. The fraction of sp³-hybridized carbons (Fsp3) is 0.375. The van der Waals surface area contributed by atoms with Gasteiger partial charge in [-0.3, -0.25) is 9.59 Å². The smallest absolute Gasteiger partial charge is 0.198 e. The average Bonchev–Trinajstić information content (AvgIpc) is 3.53. The third-order valence-electron chi connectivity index (χ3n) is 7.26. The Labute approximate surface area is 211 Å². The van der Waals surface area contributed by atoms with E-state index in [1.807, 2.05) is 24.3 Å². The van der Waals surface area contributed by atoms with E-state index in [-0.39, 0.29) is 11.6 Å². The number of benzene rings is 3. The van der Waals surface area contributed by atoms with Gasteiger partial charge in [0.1, 0.15) is 11.2 Å². The highest BCUT2D eigenvalue weighted by Crippen LogP contribution is 2.37. The molecule has 5 aromatic rings. The lowest BCUT2D eigenvalue weighted by atomic mass is 9.97. The highest BCUT2D eigenvalue weighted by atomic mass is 16.3. The van der Waals surface area contributed by atoms with Gasteiger partial charge in [-0.15, -0.1) is 0 Å². The van der Waals surface area contributed by atoms with Gasteiger partial charge in [0, 0.05) is 23.6 Å². The van der Waals surface area contributed by atoms with E-state index in [9.17, 15) is 9.59 Å². The summed E-state index contributed by atoms with van der Waals surface area (Å²) >= 11 is 0. The summed E-state index contributed by atoms with van der Waals surface area (Å²) in [7, 11) is 0. The van der Waals surface area contributed by atoms with Gasteiger partial charge in [0.05, 0.1) is 0 Å². The Bertz CT molecular complexity index is 1430. The first kappa shape index (κ1) is 24.3. The molecule has 4 nitrogen and oxygen atoms in total. The SMILES string of the molecule is CCCCCCC(=O)c1cc2c(ccc3c2ccc2c4cc(C(=O)CCCCCC)oc4ccc23)o1. The number of fused-ring (bicyclic) bond motifs is 7. The van der Waals surface area contributed by atoms with Crippen molar-refractivity contribution in [2.45, 2.75) is 78.1 Å². The number of Topliss-reactive ketones (excluding diaryl/α,β-unsaturated/α-hetero) is 2. The van der Waals surface area contributed by atoms with E-state index in [1.165, 1.54) is 0 Å². The molecule has 0 spiro atoms. The maximum absolute atomic E-state index is 12.7. The van der Waals surface area contributed by atoms with Gasteiger partial charge in [0.2, 0.25) is 0 Å². The Morgan fingerprint density at radius 2 is 0.917 bits per heavy atom. The second-order valence-corrected chi connectivity index (χ2v) is 9.90. The third-order valence-corrected chi connectivity index (χ3v) is 7.26. The van der Waals surface area contributed by atoms with Crippen LogP contribution in [0.2, 0.25) is 0 Å². The summed E-state index contributed by atoms with van der Waals surface area (Å²) in [5.41, 5.74) is 1.47. The third kappa shape index (κ3) is 4.69. The lowest BCUT2D eigenvalue weighted by Gasteiger charge is -2.05. The van der Waals surface area contributed by atoms with E-state index >= 15 is 0 Å². The van der Waals surface area contributed by atoms with Crippen molar-refractivity contribution in [2.24, 2.45) is 0 Å². The average molecular weight is 483 g/mol. The van der Waals surface area contributed by atoms with Gasteiger partial charge >= 0.3 is 0 Å². The van der Waals surface area contributed by atoms with Gasteiger partial charge in [-0.2, -0.15) is 0 Å². The number of ketones is 2. The molecule has 0 atom stereocenters. The van der Waals surface area contributed by atoms with E-state index in [2.05, 4.69) is 38.1 Å². The van der Waals surface area contributed by atoms with Crippen molar-refractivity contribution in [1.82, 2.24) is 0 Å². The van der Waals surface area contributed by atoms with Crippen LogP contribution in [0, 0.1) is 0 Å². The number of unbranched alkanes of at least 4 members (excludes halogenated alkanes) is 6. The van der Waals surface area contributed by atoms with Crippen molar-refractivity contribution in [3.63, 3.8) is 0 Å². The number of carbonyl (C=O) groups excluding carboxylic acids is 2. The largest absolute Gasteiger partial charge is 0.453 e. The predicted molar refractivity (Wildman–Crippen MR) is 147 cm³/mol. The van der Waals surface area contributed by atoms with E-state index in [0.717, 1.165) is 94.8 Å². The molecule has 36 heavy (non-hydrogen) atoms. The molecule has 0 unspecified atom stereocenters. The van der Waals surface area contributed by atoms with Crippen molar-refractivity contribution in [3.05, 3.63) is 60.1 Å². The molecule has 5 rings (SSSR count). The van der Waals surface area contributed by atoms with E-state index < -0.39 is 0 Å². The van der Waals surface area contributed by atoms with Crippen LogP contribution >= 0.6 is 0 Å². The highest BCUT2D eigenvalue weighted by molar-refractivity contribution is 6.22. The van der Waals surface area contributed by atoms with Gasteiger partial charge in [0.25, 0.3) is 0 Å². The fourth-order valence-corrected chi connectivity index (χ4v) is 5.21. The van der Waals surface area contributed by atoms with E-state index in [4.69, 9.17) is 8.83 Å². The fourth-order valence-electron chi connectivity index (χ4n) is 5.21. The molecule has 2 heterocycles. The van der Waals surface area contributed by atoms with Crippen molar-refractivity contribution in [3.8, 4) is 0 Å². The van der Waals surface area contributed by atoms with Gasteiger partial charge < -0.3 is 8.83 Å². The van der Waals surface area contributed by atoms with Crippen LogP contribution in [0.5, 0.6) is 0 Å². The maximum atomic E-state index is 12.7. The molecule has 0 N–H and O–H groups in total. The Kier molecular flexibility index (Phi) is 7.22. The normalized spacial score (nSPS) is 11.8. The van der Waals surface area contributed by atoms with E-state index in [1.54, 1.807) is 0 Å². The second kappa shape index (κ2) is 10.7. The van der Waals surface area contributed by atoms with Crippen LogP contribution in [0.15, 0.2) is 57.4 Å². The molecule has 0 bridgehead atoms. The number of rotatable bonds is 12. The molecular formula is C32H34O4. The zero-order chi connectivity index (χ0) is 25.1. The Hall–Kier alpha value is -3.40. The standard InChI is InChI=1S/C32H34O4/c1-3-5-7-9-11-27(33)31-19-25-23-13-14-24-22(21(23)15-17-29(25)35-31)16-18-30-26(24)20-32(36-30)28(34)12-10-8-6-4-2/h13-20H,3-12H2,1-2H3. The summed E-state index contributed by atoms with van der Waals surface area (Å²) in [6.45, 7) is 4.34. The monoisotopic (exact) mass is 482 g/mol. The molecular weight excluding hydrogens is 448 g/mol. The van der Waals surface area contributed by atoms with Gasteiger partial charge in [0.15, 0.2) is 23.1 Å². The lowest BCUT2D eigenvalue weighted by Crippen LogP contribution is -1.96. The Morgan fingerprint density at radius 1 is 0.528 bits per heavy atom. The second-order valence-electron chi connectivity index (χ2n) is 9.90. The zero-order valence-electron chi connectivity index (χ0n) is 21.3. The highest BCUT2D eigenvalue weighted by Gasteiger charge is 2.17. The van der Waals surface area contributed by atoms with Crippen molar-refractivity contribution >= 4 is 55.0 Å². The van der Waals surface area contributed by atoms with Crippen molar-refractivity contribution in [1.29, 1.82) is 0 Å². The summed E-state index contributed by atoms with van der Waals surface area (Å²) in [5.74, 6) is 1.04. The number of carbonyl (C=O) groups is 2. The maximum Gasteiger partial charge on any atom is 0.198 e. The molecule has 0 aliphatic carbocycles. The van der Waals surface area contributed by atoms with Crippen LogP contribution in [0.4, 0.5) is 0 Å². The molecule has 0 amide bonds. The molecule has 186 valence electrons. The van der Waals surface area contributed by atoms with Crippen LogP contribution in [0.1, 0.15) is 99.2 Å². The van der Waals surface area contributed by atoms with Gasteiger partial charge in [-0.25, -0.2) is 0 Å². The number of furan rings is 2. The molecule has 0 saturated heterocycles. The molecule has 4 heteroatoms. The molecule has 0 aliphatic rings. The summed E-state index contributed by atoms with van der Waals surface area (Å²) in [5, 5.41) is 6.23. The van der Waals surface area contributed by atoms with Gasteiger partial charge in [-0.05, 0) is 58.7 Å². The number of hydrogen-bond donors (Lipinski definition) is 0. The predicted octanol–water partition coefficient (Wildman–Crippen LogP) is 9.79. The van der Waals surface area contributed by atoms with Crippen LogP contribution in [0.3, 0.4) is 0 Å². The van der Waals surface area contributed by atoms with Crippen LogP contribution < -0.4 is 0 Å². The first-order valence-corrected chi connectivity index (χ1v) is 13.5. The first-order chi connectivity index (χ1) is 17.6. The van der Waals surface area contributed by atoms with Crippen molar-refractivity contribution < 1.29 is 18.4 Å². The summed E-state index contributed by atoms with van der Waals surface area (Å²) in [6.07, 6.45) is 9.63. The lowest BCUT2D eigenvalue weighted by molar-refractivity contribution is 0.0947. The van der Waals surface area contributed by atoms with Gasteiger partial charge in [-0.1, -0.05) is 76.6 Å². The minimum atomic E-state index is 0.0724. The molecule has 0 fully saturated rings. The van der Waals surface area contributed by atoms with Crippen LogP contribution in [-0.4, -0.2) is 11.6 Å².